The number of carbonyl (C=O) groups excluding carboxylic acids is 1. The first-order valence-corrected chi connectivity index (χ1v) is 8.53. The van der Waals surface area contributed by atoms with Crippen LogP contribution in [0.5, 0.6) is 0 Å². The average Bonchev–Trinajstić information content (AvgIpc) is 2.91. The van der Waals surface area contributed by atoms with E-state index in [0.717, 1.165) is 5.56 Å². The van der Waals surface area contributed by atoms with Crippen molar-refractivity contribution in [3.63, 3.8) is 0 Å². The molecule has 0 aliphatic rings. The number of ether oxygens (including phenoxy) is 1. The first-order valence-electron chi connectivity index (χ1n) is 8.53. The molecule has 0 fully saturated rings. The molecule has 0 aliphatic heterocycles. The molecule has 0 aliphatic carbocycles. The van der Waals surface area contributed by atoms with Gasteiger partial charge in [0.1, 0.15) is 12.3 Å². The van der Waals surface area contributed by atoms with Crippen molar-refractivity contribution in [3.8, 4) is 5.69 Å². The minimum atomic E-state index is -1.12. The molecule has 3 aromatic rings. The van der Waals surface area contributed by atoms with Crippen LogP contribution in [0.3, 0.4) is 0 Å². The minimum absolute atomic E-state index is 0.0284. The molecule has 1 amide bonds. The normalized spacial score (nSPS) is 10.5. The van der Waals surface area contributed by atoms with Gasteiger partial charge in [0.15, 0.2) is 0 Å². The van der Waals surface area contributed by atoms with Gasteiger partial charge in [0, 0.05) is 7.05 Å². The summed E-state index contributed by atoms with van der Waals surface area (Å²) in [6.45, 7) is 0.0284. The molecule has 0 atom stereocenters. The number of para-hydroxylation sites is 1. The summed E-state index contributed by atoms with van der Waals surface area (Å²) in [4.78, 5) is 36.3. The van der Waals surface area contributed by atoms with Crippen LogP contribution in [0.25, 0.3) is 5.69 Å². The summed E-state index contributed by atoms with van der Waals surface area (Å²) in [5.74, 6) is -1.12. The number of carbonyl (C=O) groups is 2. The van der Waals surface area contributed by atoms with Gasteiger partial charge in [-0.2, -0.15) is 0 Å². The second kappa shape index (κ2) is 8.26. The van der Waals surface area contributed by atoms with Gasteiger partial charge in [-0.15, -0.1) is 0 Å². The monoisotopic (exact) mass is 381 g/mol. The topological polar surface area (TPSA) is 103 Å². The summed E-state index contributed by atoms with van der Waals surface area (Å²) >= 11 is 0. The maximum atomic E-state index is 12.9. The molecule has 0 saturated carbocycles. The molecule has 8 nitrogen and oxygen atoms in total. The van der Waals surface area contributed by atoms with Gasteiger partial charge in [-0.1, -0.05) is 48.5 Å². The van der Waals surface area contributed by atoms with Crippen molar-refractivity contribution >= 4 is 17.7 Å². The van der Waals surface area contributed by atoms with Crippen LogP contribution < -0.4 is 10.9 Å². The first-order chi connectivity index (χ1) is 13.5. The molecule has 0 unspecified atom stereocenters. The third-order valence-electron chi connectivity index (χ3n) is 4.14. The van der Waals surface area contributed by atoms with Crippen LogP contribution in [0.15, 0.2) is 65.5 Å². The Bertz CT molecular complexity index is 1040. The van der Waals surface area contributed by atoms with Gasteiger partial charge >= 0.3 is 12.1 Å². The summed E-state index contributed by atoms with van der Waals surface area (Å²) in [5, 5.41) is 11.6. The average molecular weight is 381 g/mol. The van der Waals surface area contributed by atoms with Crippen LogP contribution >= 0.6 is 0 Å². The van der Waals surface area contributed by atoms with Gasteiger partial charge in [0.2, 0.25) is 0 Å². The second-order valence-corrected chi connectivity index (χ2v) is 6.06. The van der Waals surface area contributed by atoms with Gasteiger partial charge in [-0.3, -0.25) is 19.6 Å². The van der Waals surface area contributed by atoms with E-state index in [9.17, 15) is 19.5 Å². The lowest BCUT2D eigenvalue weighted by atomic mass is 10.2. The molecule has 0 saturated heterocycles. The van der Waals surface area contributed by atoms with Gasteiger partial charge in [0.25, 0.3) is 5.56 Å². The Hall–Kier alpha value is -3.81. The van der Waals surface area contributed by atoms with Gasteiger partial charge in [0.05, 0.1) is 17.8 Å². The molecule has 1 heterocycles. The highest BCUT2D eigenvalue weighted by molar-refractivity contribution is 5.86. The van der Waals surface area contributed by atoms with Crippen molar-refractivity contribution in [2.24, 2.45) is 7.05 Å². The minimum Gasteiger partial charge on any atom is -0.481 e. The molecular weight excluding hydrogens is 362 g/mol. The number of nitrogens with zero attached hydrogens (tertiary/aromatic N) is 2. The third kappa shape index (κ3) is 4.12. The molecule has 3 rings (SSSR count). The van der Waals surface area contributed by atoms with E-state index in [2.05, 4.69) is 5.32 Å². The van der Waals surface area contributed by atoms with Crippen LogP contribution in [0.2, 0.25) is 0 Å². The smallest absolute Gasteiger partial charge is 0.412 e. The van der Waals surface area contributed by atoms with Crippen LogP contribution in [-0.2, 0) is 29.6 Å². The zero-order valence-corrected chi connectivity index (χ0v) is 15.2. The fraction of sp³-hybridized carbons (Fsp3) is 0.150. The fourth-order valence-electron chi connectivity index (χ4n) is 2.84. The zero-order chi connectivity index (χ0) is 20.1. The summed E-state index contributed by atoms with van der Waals surface area (Å²) in [6.07, 6.45) is -1.27. The highest BCUT2D eigenvalue weighted by Crippen LogP contribution is 2.16. The number of nitrogens with one attached hydrogen (secondary N) is 1. The maximum Gasteiger partial charge on any atom is 0.412 e. The lowest BCUT2D eigenvalue weighted by Crippen LogP contribution is -2.23. The Morgan fingerprint density at radius 1 is 1.04 bits per heavy atom. The fourth-order valence-corrected chi connectivity index (χ4v) is 2.84. The van der Waals surface area contributed by atoms with E-state index in [0.29, 0.717) is 5.69 Å². The van der Waals surface area contributed by atoms with Crippen LogP contribution in [0, 0.1) is 0 Å². The van der Waals surface area contributed by atoms with Crippen molar-refractivity contribution in [1.29, 1.82) is 0 Å². The van der Waals surface area contributed by atoms with Crippen molar-refractivity contribution in [1.82, 2.24) is 9.36 Å². The Balaban J connectivity index is 1.89. The number of rotatable bonds is 6. The standard InChI is InChI=1S/C20H19N3O5/c1-22-16(12-17(24)25)18(19(26)23(22)15-10-6-3-7-11-15)21-20(27)28-13-14-8-4-2-5-9-14/h2-11H,12-13H2,1H3,(H,21,27)(H,24,25). The number of carboxylic acid groups (broad SMARTS) is 1. The number of aliphatic carboxylic acids is 1. The largest absolute Gasteiger partial charge is 0.481 e. The number of aromatic nitrogens is 2. The molecule has 8 heteroatoms. The Labute approximate surface area is 160 Å². The van der Waals surface area contributed by atoms with E-state index < -0.39 is 24.0 Å². The summed E-state index contributed by atoms with van der Waals surface area (Å²) in [6, 6.07) is 17.8. The summed E-state index contributed by atoms with van der Waals surface area (Å²) in [5.41, 5.74) is 0.844. The van der Waals surface area contributed by atoms with Crippen molar-refractivity contribution in [2.75, 3.05) is 5.32 Å². The van der Waals surface area contributed by atoms with Crippen LogP contribution in [-0.4, -0.2) is 26.5 Å². The molecule has 0 spiro atoms. The SMILES string of the molecule is Cn1c(CC(=O)O)c(NC(=O)OCc2ccccc2)c(=O)n1-c1ccccc1. The number of carboxylic acids is 1. The molecular formula is C20H19N3O5. The molecule has 0 bridgehead atoms. The lowest BCUT2D eigenvalue weighted by molar-refractivity contribution is -0.136. The summed E-state index contributed by atoms with van der Waals surface area (Å²) in [7, 11) is 1.56. The van der Waals surface area contributed by atoms with Crippen molar-refractivity contribution in [3.05, 3.63) is 82.3 Å². The van der Waals surface area contributed by atoms with E-state index in [1.54, 1.807) is 49.5 Å². The van der Waals surface area contributed by atoms with E-state index in [1.807, 2.05) is 18.2 Å². The predicted octanol–water partition coefficient (Wildman–Crippen LogP) is 2.55. The number of anilines is 1. The highest BCUT2D eigenvalue weighted by atomic mass is 16.5. The Morgan fingerprint density at radius 2 is 1.64 bits per heavy atom. The van der Waals surface area contributed by atoms with E-state index in [1.165, 1.54) is 9.36 Å². The number of amides is 1. The molecule has 1 aromatic heterocycles. The number of benzene rings is 2. The van der Waals surface area contributed by atoms with Gasteiger partial charge < -0.3 is 9.84 Å². The molecule has 0 radical (unpaired) electrons. The maximum absolute atomic E-state index is 12.9. The molecule has 2 N–H and O–H groups in total. The van der Waals surface area contributed by atoms with E-state index >= 15 is 0 Å². The molecule has 28 heavy (non-hydrogen) atoms. The Morgan fingerprint density at radius 3 is 2.25 bits per heavy atom. The molecule has 2 aromatic carbocycles. The zero-order valence-electron chi connectivity index (χ0n) is 15.2. The van der Waals surface area contributed by atoms with E-state index in [-0.39, 0.29) is 18.0 Å². The van der Waals surface area contributed by atoms with Crippen LogP contribution in [0.4, 0.5) is 10.5 Å². The van der Waals surface area contributed by atoms with Crippen molar-refractivity contribution < 1.29 is 19.4 Å². The number of hydrogen-bond acceptors (Lipinski definition) is 4. The molecule has 144 valence electrons. The van der Waals surface area contributed by atoms with Gasteiger partial charge in [-0.05, 0) is 17.7 Å². The number of hydrogen-bond donors (Lipinski definition) is 2. The van der Waals surface area contributed by atoms with Gasteiger partial charge in [-0.25, -0.2) is 9.48 Å². The van der Waals surface area contributed by atoms with Crippen LogP contribution in [0.1, 0.15) is 11.3 Å². The first kappa shape index (κ1) is 19.0. The van der Waals surface area contributed by atoms with E-state index in [4.69, 9.17) is 4.74 Å². The second-order valence-electron chi connectivity index (χ2n) is 6.06. The highest BCUT2D eigenvalue weighted by Gasteiger charge is 2.23. The Kier molecular flexibility index (Phi) is 5.59. The van der Waals surface area contributed by atoms with Crippen molar-refractivity contribution in [2.45, 2.75) is 13.0 Å². The summed E-state index contributed by atoms with van der Waals surface area (Å²) < 4.78 is 7.86. The predicted molar refractivity (Wildman–Crippen MR) is 103 cm³/mol. The quantitative estimate of drug-likeness (QED) is 0.683. The third-order valence-corrected chi connectivity index (χ3v) is 4.14. The lowest BCUT2D eigenvalue weighted by Gasteiger charge is -2.09.